The van der Waals surface area contributed by atoms with Crippen LogP contribution in [0.4, 0.5) is 22.2 Å². The van der Waals surface area contributed by atoms with Crippen molar-refractivity contribution in [1.29, 1.82) is 0 Å². The lowest BCUT2D eigenvalue weighted by molar-refractivity contribution is 0.0110. The minimum Gasteiger partial charge on any atom is -0.379 e. The zero-order chi connectivity index (χ0) is 22.9. The highest BCUT2D eigenvalue weighted by atomic mass is 16.5. The van der Waals surface area contributed by atoms with Crippen molar-refractivity contribution in [1.82, 2.24) is 39.6 Å². The molecule has 0 saturated heterocycles. The third-order valence-corrected chi connectivity index (χ3v) is 5.65. The fourth-order valence-corrected chi connectivity index (χ4v) is 3.75. The maximum Gasteiger partial charge on any atom is 0.328 e. The molecule has 1 aromatic carbocycles. The van der Waals surface area contributed by atoms with Gasteiger partial charge in [0.05, 0.1) is 17.8 Å². The molecule has 12 nitrogen and oxygen atoms in total. The van der Waals surface area contributed by atoms with E-state index in [2.05, 4.69) is 41.0 Å². The Kier molecular flexibility index (Phi) is 5.34. The minimum absolute atomic E-state index is 0.0219. The molecule has 1 fully saturated rings. The highest BCUT2D eigenvalue weighted by Gasteiger charge is 2.32. The van der Waals surface area contributed by atoms with Gasteiger partial charge in [-0.15, -0.1) is 0 Å². The number of aromatic nitrogens is 7. The number of methoxy groups -OCH3 is 1. The van der Waals surface area contributed by atoms with Crippen LogP contribution < -0.4 is 16.0 Å². The van der Waals surface area contributed by atoms with Crippen molar-refractivity contribution in [3.8, 4) is 5.69 Å². The van der Waals surface area contributed by atoms with Crippen LogP contribution in [0.1, 0.15) is 18.7 Å². The number of aryl methyl sites for hydroxylation is 1. The van der Waals surface area contributed by atoms with Gasteiger partial charge in [0.2, 0.25) is 5.95 Å². The third kappa shape index (κ3) is 3.96. The molecule has 33 heavy (non-hydrogen) atoms. The monoisotopic (exact) mass is 448 g/mol. The molecule has 5 rings (SSSR count). The van der Waals surface area contributed by atoms with E-state index in [0.29, 0.717) is 28.8 Å². The van der Waals surface area contributed by atoms with E-state index in [1.165, 1.54) is 10.9 Å². The molecule has 1 aliphatic rings. The van der Waals surface area contributed by atoms with Crippen molar-refractivity contribution in [3.05, 3.63) is 42.7 Å². The van der Waals surface area contributed by atoms with Gasteiger partial charge < -0.3 is 20.7 Å². The zero-order valence-corrected chi connectivity index (χ0v) is 18.5. The van der Waals surface area contributed by atoms with Gasteiger partial charge in [-0.05, 0) is 38.0 Å². The molecule has 2 atom stereocenters. The molecular formula is C21H24N10O2. The summed E-state index contributed by atoms with van der Waals surface area (Å²) in [5.74, 6) is 1.52. The topological polar surface area (TPSA) is 137 Å². The Hall–Kier alpha value is -4.06. The minimum atomic E-state index is -0.306. The average Bonchev–Trinajstić information content (AvgIpc) is 3.43. The maximum absolute atomic E-state index is 12.9. The number of anilines is 3. The lowest BCUT2D eigenvalue weighted by atomic mass is 9.89. The summed E-state index contributed by atoms with van der Waals surface area (Å²) in [6.45, 7) is 1.83. The number of carbonyl (C=O) groups excluding carboxylic acids is 1. The number of nitrogens with zero attached hydrogens (tertiary/aromatic N) is 7. The van der Waals surface area contributed by atoms with E-state index in [4.69, 9.17) is 4.74 Å². The van der Waals surface area contributed by atoms with Gasteiger partial charge in [0.15, 0.2) is 17.0 Å². The van der Waals surface area contributed by atoms with Crippen LogP contribution in [0.3, 0.4) is 0 Å². The number of hydrogen-bond acceptors (Lipinski definition) is 9. The van der Waals surface area contributed by atoms with Gasteiger partial charge in [-0.2, -0.15) is 15.1 Å². The lowest BCUT2D eigenvalue weighted by Crippen LogP contribution is -2.52. The Morgan fingerprint density at radius 3 is 2.76 bits per heavy atom. The van der Waals surface area contributed by atoms with Gasteiger partial charge in [0.1, 0.15) is 18.5 Å². The van der Waals surface area contributed by atoms with E-state index in [1.54, 1.807) is 25.2 Å². The van der Waals surface area contributed by atoms with E-state index in [0.717, 1.165) is 24.2 Å². The van der Waals surface area contributed by atoms with Crippen LogP contribution in [-0.2, 0) is 4.74 Å². The molecule has 1 amide bonds. The second kappa shape index (κ2) is 8.47. The van der Waals surface area contributed by atoms with Gasteiger partial charge in [0, 0.05) is 19.8 Å². The molecular weight excluding hydrogens is 424 g/mol. The largest absolute Gasteiger partial charge is 0.379 e. The standard InChI is InChI=1S/C21H24N10O2/c1-12-23-11-31(29-12)14-6-4-5-13(9-14)25-20-27-18(22-2)17-19(28-20)30(10-24-17)21(32)26-15-7-8-16(15)33-3/h4-6,9-11,15-16H,7-8H2,1-3H3,(H,26,32)(H2,22,25,27,28)/t15-,16-/m1/s1. The van der Waals surface area contributed by atoms with Crippen molar-refractivity contribution in [2.24, 2.45) is 0 Å². The zero-order valence-electron chi connectivity index (χ0n) is 18.5. The van der Waals surface area contributed by atoms with Gasteiger partial charge in [-0.25, -0.2) is 24.0 Å². The van der Waals surface area contributed by atoms with Crippen molar-refractivity contribution in [2.45, 2.75) is 31.9 Å². The predicted octanol–water partition coefficient (Wildman–Crippen LogP) is 2.24. The van der Waals surface area contributed by atoms with Crippen molar-refractivity contribution < 1.29 is 9.53 Å². The SMILES string of the molecule is CNc1nc(Nc2cccc(-n3cnc(C)n3)c2)nc2c1ncn2C(=O)N[C@@H]1CC[C@H]1OC. The lowest BCUT2D eigenvalue weighted by Gasteiger charge is -2.35. The number of hydrogen-bond donors (Lipinski definition) is 3. The van der Waals surface area contributed by atoms with Crippen LogP contribution in [0.2, 0.25) is 0 Å². The Labute approximate surface area is 189 Å². The van der Waals surface area contributed by atoms with E-state index >= 15 is 0 Å². The van der Waals surface area contributed by atoms with Crippen molar-refractivity contribution in [3.63, 3.8) is 0 Å². The van der Waals surface area contributed by atoms with Crippen LogP contribution >= 0.6 is 0 Å². The molecule has 12 heteroatoms. The first kappa shape index (κ1) is 20.8. The second-order valence-corrected chi connectivity index (χ2v) is 7.75. The van der Waals surface area contributed by atoms with Crippen LogP contribution in [-0.4, -0.2) is 66.6 Å². The number of ether oxygens (including phenoxy) is 1. The maximum atomic E-state index is 12.9. The number of fused-ring (bicyclic) bond motifs is 1. The highest BCUT2D eigenvalue weighted by Crippen LogP contribution is 2.25. The van der Waals surface area contributed by atoms with Crippen molar-refractivity contribution >= 4 is 34.6 Å². The number of rotatable bonds is 6. The predicted molar refractivity (Wildman–Crippen MR) is 122 cm³/mol. The van der Waals surface area contributed by atoms with Crippen LogP contribution in [0, 0.1) is 6.92 Å². The third-order valence-electron chi connectivity index (χ3n) is 5.65. The second-order valence-electron chi connectivity index (χ2n) is 7.75. The summed E-state index contributed by atoms with van der Waals surface area (Å²) in [5, 5.41) is 13.6. The number of amides is 1. The van der Waals surface area contributed by atoms with Gasteiger partial charge in [0.25, 0.3) is 0 Å². The van der Waals surface area contributed by atoms with Crippen LogP contribution in [0.5, 0.6) is 0 Å². The molecule has 0 unspecified atom stereocenters. The number of benzene rings is 1. The smallest absolute Gasteiger partial charge is 0.328 e. The average molecular weight is 448 g/mol. The van der Waals surface area contributed by atoms with Crippen LogP contribution in [0.15, 0.2) is 36.9 Å². The summed E-state index contributed by atoms with van der Waals surface area (Å²) in [6, 6.07) is 7.30. The fraction of sp³-hybridized carbons (Fsp3) is 0.333. The summed E-state index contributed by atoms with van der Waals surface area (Å²) >= 11 is 0. The Bertz CT molecular complexity index is 1310. The first-order valence-electron chi connectivity index (χ1n) is 10.6. The molecule has 1 aliphatic carbocycles. The number of nitrogens with one attached hydrogen (secondary N) is 3. The molecule has 3 aromatic heterocycles. The Morgan fingerprint density at radius 1 is 1.18 bits per heavy atom. The van der Waals surface area contributed by atoms with E-state index in [-0.39, 0.29) is 18.2 Å². The highest BCUT2D eigenvalue weighted by molar-refractivity contribution is 5.92. The summed E-state index contributed by atoms with van der Waals surface area (Å²) in [7, 11) is 3.40. The quantitative estimate of drug-likeness (QED) is 0.405. The molecule has 0 aliphatic heterocycles. The number of imidazole rings is 1. The Balaban J connectivity index is 1.44. The molecule has 1 saturated carbocycles. The van der Waals surface area contributed by atoms with Crippen molar-refractivity contribution in [2.75, 3.05) is 24.8 Å². The van der Waals surface area contributed by atoms with Gasteiger partial charge >= 0.3 is 6.03 Å². The molecule has 0 spiro atoms. The summed E-state index contributed by atoms with van der Waals surface area (Å²) < 4.78 is 8.46. The molecule has 0 bridgehead atoms. The van der Waals surface area contributed by atoms with E-state index in [1.807, 2.05) is 31.2 Å². The molecule has 170 valence electrons. The first-order valence-corrected chi connectivity index (χ1v) is 10.6. The molecule has 0 radical (unpaired) electrons. The Morgan fingerprint density at radius 2 is 2.06 bits per heavy atom. The fourth-order valence-electron chi connectivity index (χ4n) is 3.75. The molecule has 4 aromatic rings. The molecule has 3 heterocycles. The molecule has 3 N–H and O–H groups in total. The van der Waals surface area contributed by atoms with Gasteiger partial charge in [-0.1, -0.05) is 6.07 Å². The van der Waals surface area contributed by atoms with Gasteiger partial charge in [-0.3, -0.25) is 0 Å². The van der Waals surface area contributed by atoms with E-state index < -0.39 is 0 Å². The summed E-state index contributed by atoms with van der Waals surface area (Å²) in [4.78, 5) is 30.5. The normalized spacial score (nSPS) is 17.5. The first-order chi connectivity index (χ1) is 16.1. The number of carbonyl (C=O) groups is 1. The summed E-state index contributed by atoms with van der Waals surface area (Å²) in [5.41, 5.74) is 2.50. The summed E-state index contributed by atoms with van der Waals surface area (Å²) in [6.07, 6.45) is 4.95. The van der Waals surface area contributed by atoms with Crippen LogP contribution in [0.25, 0.3) is 16.9 Å². The van der Waals surface area contributed by atoms with E-state index in [9.17, 15) is 4.79 Å².